The van der Waals surface area contributed by atoms with Crippen LogP contribution < -0.4 is 5.32 Å². The highest BCUT2D eigenvalue weighted by molar-refractivity contribution is 5.76. The zero-order chi connectivity index (χ0) is 48.0. The summed E-state index contributed by atoms with van der Waals surface area (Å²) in [5.74, 6) is -0.210. The summed E-state index contributed by atoms with van der Waals surface area (Å²) >= 11 is 0. The summed E-state index contributed by atoms with van der Waals surface area (Å²) in [4.78, 5) is 13.0. The van der Waals surface area contributed by atoms with Crippen LogP contribution >= 0.6 is 0 Å². The maximum Gasteiger partial charge on any atom is 0.220 e. The third kappa shape index (κ3) is 34.6. The van der Waals surface area contributed by atoms with Gasteiger partial charge in [0.2, 0.25) is 5.91 Å². The lowest BCUT2D eigenvalue weighted by Gasteiger charge is -2.40. The number of aliphatic hydroxyl groups excluding tert-OH is 5. The van der Waals surface area contributed by atoms with Crippen molar-refractivity contribution >= 4 is 5.91 Å². The Balaban J connectivity index is 2.21. The van der Waals surface area contributed by atoms with E-state index in [2.05, 4.69) is 141 Å². The topological polar surface area (TPSA) is 149 Å². The molecule has 0 radical (unpaired) electrons. The van der Waals surface area contributed by atoms with E-state index in [1.165, 1.54) is 25.7 Å². The van der Waals surface area contributed by atoms with Gasteiger partial charge in [-0.25, -0.2) is 0 Å². The van der Waals surface area contributed by atoms with Gasteiger partial charge in [-0.1, -0.05) is 186 Å². The van der Waals surface area contributed by atoms with Crippen LogP contribution in [0.25, 0.3) is 0 Å². The van der Waals surface area contributed by atoms with Crippen molar-refractivity contribution in [1.82, 2.24) is 5.32 Å². The van der Waals surface area contributed by atoms with Crippen LogP contribution in [-0.2, 0) is 14.3 Å². The van der Waals surface area contributed by atoms with E-state index in [0.29, 0.717) is 6.42 Å². The first-order chi connectivity index (χ1) is 32.3. The van der Waals surface area contributed by atoms with Gasteiger partial charge in [-0.2, -0.15) is 0 Å². The molecule has 0 saturated carbocycles. The first-order valence-electron chi connectivity index (χ1n) is 25.4. The van der Waals surface area contributed by atoms with E-state index in [1.54, 1.807) is 6.08 Å². The van der Waals surface area contributed by atoms with E-state index in [1.807, 2.05) is 6.08 Å². The molecule has 372 valence electrons. The maximum atomic E-state index is 13.0. The molecule has 0 bridgehead atoms. The summed E-state index contributed by atoms with van der Waals surface area (Å²) in [6.07, 6.45) is 62.4. The minimum atomic E-state index is -1.58. The third-order valence-corrected chi connectivity index (χ3v) is 10.9. The normalized spacial score (nSPS) is 21.0. The number of rotatable bonds is 40. The molecule has 0 aromatic rings. The van der Waals surface area contributed by atoms with Crippen molar-refractivity contribution in [3.05, 3.63) is 134 Å². The number of hydrogen-bond acceptors (Lipinski definition) is 8. The van der Waals surface area contributed by atoms with Crippen LogP contribution in [0.4, 0.5) is 0 Å². The van der Waals surface area contributed by atoms with Crippen LogP contribution in [0.15, 0.2) is 134 Å². The molecule has 1 amide bonds. The standard InChI is InChI=1S/C57H91NO8/c1-3-5-7-9-11-13-15-16-17-18-19-20-21-22-23-24-25-26-27-28-29-30-31-32-33-34-35-36-37-39-41-43-45-47-53(61)58-50(49-65-57-56(64)55(63)54(62)52(48-59)66-57)51(60)46-44-42-40-38-14-12-10-8-6-4-2/h5-8,11,13-14,16-17,19-20,22-23,25-26,28-29,31-32,38,44,46,50-52,54-57,59-60,62-64H,3-4,9-10,12,15,18,21,24,27,30,33-37,39-43,45,47-49H2,1-2H3,(H,58,61)/b7-5-,8-6+,13-11-,17-16-,20-19-,23-22-,26-25-,29-28-,32-31-,38-14+,46-44+. The Labute approximate surface area is 400 Å². The van der Waals surface area contributed by atoms with Crippen molar-refractivity contribution in [2.24, 2.45) is 0 Å². The Hall–Kier alpha value is -3.67. The predicted octanol–water partition coefficient (Wildman–Crippen LogP) is 11.8. The minimum Gasteiger partial charge on any atom is -0.394 e. The molecule has 9 heteroatoms. The van der Waals surface area contributed by atoms with Crippen LogP contribution in [0.5, 0.6) is 0 Å². The molecule has 0 aromatic carbocycles. The monoisotopic (exact) mass is 918 g/mol. The average Bonchev–Trinajstić information content (AvgIpc) is 3.32. The largest absolute Gasteiger partial charge is 0.394 e. The lowest BCUT2D eigenvalue weighted by Crippen LogP contribution is -2.60. The van der Waals surface area contributed by atoms with Crippen molar-refractivity contribution in [1.29, 1.82) is 0 Å². The Morgan fingerprint density at radius 1 is 0.515 bits per heavy atom. The third-order valence-electron chi connectivity index (χ3n) is 10.9. The first kappa shape index (κ1) is 60.3. The van der Waals surface area contributed by atoms with E-state index < -0.39 is 49.5 Å². The van der Waals surface area contributed by atoms with Gasteiger partial charge >= 0.3 is 0 Å². The van der Waals surface area contributed by atoms with Gasteiger partial charge in [-0.15, -0.1) is 0 Å². The molecule has 7 atom stereocenters. The van der Waals surface area contributed by atoms with Gasteiger partial charge in [0.25, 0.3) is 0 Å². The highest BCUT2D eigenvalue weighted by Crippen LogP contribution is 2.22. The Morgan fingerprint density at radius 2 is 0.909 bits per heavy atom. The summed E-state index contributed by atoms with van der Waals surface area (Å²) in [7, 11) is 0. The number of hydrogen-bond donors (Lipinski definition) is 6. The SMILES string of the molecule is CC/C=C\C/C=C\C/C=C\C/C=C\C/C=C\C/C=C\C/C=C\C/C=C\CCCCCCCCCCC(=O)NC(COC1OC(CO)C(O)C(O)C1O)C(O)/C=C/CC/C=C/CC/C=C/CC. The Morgan fingerprint density at radius 3 is 1.39 bits per heavy atom. The zero-order valence-corrected chi connectivity index (χ0v) is 40.9. The van der Waals surface area contributed by atoms with Gasteiger partial charge in [0.05, 0.1) is 25.4 Å². The van der Waals surface area contributed by atoms with Crippen LogP contribution in [-0.4, -0.2) is 87.5 Å². The first-order valence-corrected chi connectivity index (χ1v) is 25.4. The fraction of sp³-hybridized carbons (Fsp3) is 0.596. The highest BCUT2D eigenvalue weighted by atomic mass is 16.7. The number of carbonyl (C=O) groups is 1. The van der Waals surface area contributed by atoms with Crippen molar-refractivity contribution in [2.45, 2.75) is 204 Å². The number of ether oxygens (including phenoxy) is 2. The smallest absolute Gasteiger partial charge is 0.220 e. The van der Waals surface area contributed by atoms with Crippen LogP contribution in [0.2, 0.25) is 0 Å². The minimum absolute atomic E-state index is 0.210. The molecule has 1 aliphatic heterocycles. The van der Waals surface area contributed by atoms with Crippen LogP contribution in [0.1, 0.15) is 162 Å². The molecule has 0 aromatic heterocycles. The second-order valence-electron chi connectivity index (χ2n) is 16.8. The van der Waals surface area contributed by atoms with E-state index in [0.717, 1.165) is 116 Å². The summed E-state index contributed by atoms with van der Waals surface area (Å²) in [5.41, 5.74) is 0. The van der Waals surface area contributed by atoms with Gasteiger partial charge in [0.15, 0.2) is 6.29 Å². The molecule has 66 heavy (non-hydrogen) atoms. The molecule has 1 rings (SSSR count). The van der Waals surface area contributed by atoms with Gasteiger partial charge in [-0.05, 0) is 103 Å². The quantitative estimate of drug-likeness (QED) is 0.0263. The number of aliphatic hydroxyl groups is 5. The number of amides is 1. The van der Waals surface area contributed by atoms with Gasteiger partial charge in [0, 0.05) is 6.42 Å². The molecular formula is C57H91NO8. The Bertz CT molecular complexity index is 1480. The number of nitrogens with one attached hydrogen (secondary N) is 1. The zero-order valence-electron chi connectivity index (χ0n) is 40.9. The summed E-state index contributed by atoms with van der Waals surface area (Å²) in [6, 6.07) is -0.840. The van der Waals surface area contributed by atoms with E-state index in [-0.39, 0.29) is 12.5 Å². The summed E-state index contributed by atoms with van der Waals surface area (Å²) < 4.78 is 11.2. The van der Waals surface area contributed by atoms with E-state index in [4.69, 9.17) is 9.47 Å². The molecule has 7 unspecified atom stereocenters. The highest BCUT2D eigenvalue weighted by Gasteiger charge is 2.44. The molecular weight excluding hydrogens is 827 g/mol. The summed E-state index contributed by atoms with van der Waals surface area (Å²) in [5, 5.41) is 54.1. The molecule has 1 heterocycles. The lowest BCUT2D eigenvalue weighted by molar-refractivity contribution is -0.302. The molecule has 1 fully saturated rings. The van der Waals surface area contributed by atoms with Crippen molar-refractivity contribution in [3.63, 3.8) is 0 Å². The fourth-order valence-electron chi connectivity index (χ4n) is 6.97. The number of carbonyl (C=O) groups excluding carboxylic acids is 1. The lowest BCUT2D eigenvalue weighted by atomic mass is 9.99. The second-order valence-corrected chi connectivity index (χ2v) is 16.8. The van der Waals surface area contributed by atoms with E-state index >= 15 is 0 Å². The van der Waals surface area contributed by atoms with E-state index in [9.17, 15) is 30.3 Å². The predicted molar refractivity (Wildman–Crippen MR) is 276 cm³/mol. The second kappa shape index (κ2) is 45.1. The maximum absolute atomic E-state index is 13.0. The van der Waals surface area contributed by atoms with Crippen LogP contribution in [0.3, 0.4) is 0 Å². The fourth-order valence-corrected chi connectivity index (χ4v) is 6.97. The average molecular weight is 918 g/mol. The van der Waals surface area contributed by atoms with Gasteiger partial charge in [-0.3, -0.25) is 4.79 Å². The number of allylic oxidation sites excluding steroid dienone is 21. The molecule has 1 aliphatic rings. The molecule has 1 saturated heterocycles. The molecule has 0 aliphatic carbocycles. The van der Waals surface area contributed by atoms with Crippen LogP contribution in [0, 0.1) is 0 Å². The summed E-state index contributed by atoms with van der Waals surface area (Å²) in [6.45, 7) is 3.48. The molecule has 6 N–H and O–H groups in total. The number of unbranched alkanes of at least 4 members (excludes halogenated alkanes) is 10. The Kier molecular flexibility index (Phi) is 41.3. The molecule has 9 nitrogen and oxygen atoms in total. The van der Waals surface area contributed by atoms with Crippen molar-refractivity contribution in [2.75, 3.05) is 13.2 Å². The molecule has 0 spiro atoms. The van der Waals surface area contributed by atoms with Gasteiger partial charge in [0.1, 0.15) is 24.4 Å². The van der Waals surface area contributed by atoms with Gasteiger partial charge < -0.3 is 40.3 Å². The van der Waals surface area contributed by atoms with Crippen molar-refractivity contribution < 1.29 is 39.8 Å². The van der Waals surface area contributed by atoms with Crippen molar-refractivity contribution in [3.8, 4) is 0 Å².